The van der Waals surface area contributed by atoms with Crippen molar-refractivity contribution < 1.29 is 17.3 Å². The van der Waals surface area contributed by atoms with Crippen LogP contribution in [0.15, 0.2) is 29.2 Å². The van der Waals surface area contributed by atoms with E-state index in [2.05, 4.69) is 6.92 Å². The standard InChI is InChI=1S/C14H20O4S/c1-3-12-6-7-13(18-12)10-17-19(15,16)14-8-4-11(2)5-9-14/h4-5,8-9,12-13H,3,6-7,10H2,1-2H3/t12-,13+/m0/s1. The lowest BCUT2D eigenvalue weighted by Gasteiger charge is -2.12. The van der Waals surface area contributed by atoms with Crippen LogP contribution in [0.3, 0.4) is 0 Å². The molecule has 2 rings (SSSR count). The molecule has 0 aliphatic carbocycles. The molecule has 0 spiro atoms. The van der Waals surface area contributed by atoms with Gasteiger partial charge in [-0.05, 0) is 38.3 Å². The van der Waals surface area contributed by atoms with Crippen molar-refractivity contribution in [1.82, 2.24) is 0 Å². The first-order valence-corrected chi connectivity index (χ1v) is 8.03. The number of aryl methyl sites for hydroxylation is 1. The maximum Gasteiger partial charge on any atom is 0.297 e. The normalized spacial score (nSPS) is 23.7. The Bertz CT molecular complexity index is 507. The summed E-state index contributed by atoms with van der Waals surface area (Å²) in [5.74, 6) is 0. The molecule has 1 heterocycles. The van der Waals surface area contributed by atoms with Crippen molar-refractivity contribution in [3.05, 3.63) is 29.8 Å². The average Bonchev–Trinajstić information content (AvgIpc) is 2.85. The Morgan fingerprint density at radius 3 is 2.42 bits per heavy atom. The maximum absolute atomic E-state index is 12.0. The van der Waals surface area contributed by atoms with Gasteiger partial charge in [0.15, 0.2) is 0 Å². The summed E-state index contributed by atoms with van der Waals surface area (Å²) in [6.07, 6.45) is 2.94. The molecular formula is C14H20O4S. The molecular weight excluding hydrogens is 264 g/mol. The Morgan fingerprint density at radius 1 is 1.21 bits per heavy atom. The molecule has 0 aromatic heterocycles. The molecule has 1 saturated heterocycles. The van der Waals surface area contributed by atoms with Crippen molar-refractivity contribution in [3.63, 3.8) is 0 Å². The lowest BCUT2D eigenvalue weighted by atomic mass is 10.2. The van der Waals surface area contributed by atoms with E-state index in [-0.39, 0.29) is 23.7 Å². The van der Waals surface area contributed by atoms with Gasteiger partial charge >= 0.3 is 0 Å². The van der Waals surface area contributed by atoms with E-state index in [9.17, 15) is 8.42 Å². The molecule has 0 bridgehead atoms. The molecule has 5 heteroatoms. The summed E-state index contributed by atoms with van der Waals surface area (Å²) in [6, 6.07) is 6.65. The van der Waals surface area contributed by atoms with Crippen LogP contribution in [0.2, 0.25) is 0 Å². The third kappa shape index (κ3) is 3.78. The number of hydrogen-bond acceptors (Lipinski definition) is 4. The van der Waals surface area contributed by atoms with Gasteiger partial charge < -0.3 is 4.74 Å². The maximum atomic E-state index is 12.0. The summed E-state index contributed by atoms with van der Waals surface area (Å²) >= 11 is 0. The van der Waals surface area contributed by atoms with Crippen molar-refractivity contribution in [2.75, 3.05) is 6.61 Å². The molecule has 1 aliphatic rings. The SMILES string of the molecule is CC[C@H]1CC[C@H](COS(=O)(=O)c2ccc(C)cc2)O1. The van der Waals surface area contributed by atoms with Crippen molar-refractivity contribution in [3.8, 4) is 0 Å². The van der Waals surface area contributed by atoms with Crippen LogP contribution in [0.4, 0.5) is 0 Å². The van der Waals surface area contributed by atoms with E-state index in [1.807, 2.05) is 6.92 Å². The topological polar surface area (TPSA) is 52.6 Å². The lowest BCUT2D eigenvalue weighted by molar-refractivity contribution is 0.0180. The van der Waals surface area contributed by atoms with Gasteiger partial charge in [0.25, 0.3) is 10.1 Å². The minimum Gasteiger partial charge on any atom is -0.373 e. The molecule has 0 unspecified atom stereocenters. The highest BCUT2D eigenvalue weighted by molar-refractivity contribution is 7.86. The van der Waals surface area contributed by atoms with Gasteiger partial charge in [-0.1, -0.05) is 24.6 Å². The molecule has 1 aromatic rings. The second kappa shape index (κ2) is 6.03. The monoisotopic (exact) mass is 284 g/mol. The van der Waals surface area contributed by atoms with Gasteiger partial charge in [-0.15, -0.1) is 0 Å². The Hall–Kier alpha value is -0.910. The number of benzene rings is 1. The average molecular weight is 284 g/mol. The second-order valence-electron chi connectivity index (χ2n) is 4.92. The highest BCUT2D eigenvalue weighted by Crippen LogP contribution is 2.23. The zero-order chi connectivity index (χ0) is 13.9. The van der Waals surface area contributed by atoms with E-state index < -0.39 is 10.1 Å². The molecule has 0 amide bonds. The molecule has 1 aliphatic heterocycles. The fourth-order valence-electron chi connectivity index (χ4n) is 2.14. The van der Waals surface area contributed by atoms with Crippen LogP contribution in [-0.4, -0.2) is 27.2 Å². The molecule has 0 saturated carbocycles. The van der Waals surface area contributed by atoms with Crippen LogP contribution >= 0.6 is 0 Å². The molecule has 0 N–H and O–H groups in total. The Kier molecular flexibility index (Phi) is 4.60. The minimum absolute atomic E-state index is 0.104. The third-order valence-electron chi connectivity index (χ3n) is 3.37. The molecule has 106 valence electrons. The first-order valence-electron chi connectivity index (χ1n) is 6.63. The highest BCUT2D eigenvalue weighted by atomic mass is 32.2. The van der Waals surface area contributed by atoms with Gasteiger partial charge in [-0.25, -0.2) is 0 Å². The van der Waals surface area contributed by atoms with Gasteiger partial charge in [0.1, 0.15) is 0 Å². The second-order valence-corrected chi connectivity index (χ2v) is 6.53. The summed E-state index contributed by atoms with van der Waals surface area (Å²) in [5.41, 5.74) is 1.02. The van der Waals surface area contributed by atoms with Crippen molar-refractivity contribution >= 4 is 10.1 Å². The van der Waals surface area contributed by atoms with Gasteiger partial charge in [0.2, 0.25) is 0 Å². The van der Waals surface area contributed by atoms with E-state index in [0.29, 0.717) is 0 Å². The van der Waals surface area contributed by atoms with Crippen LogP contribution in [0, 0.1) is 6.92 Å². The predicted octanol–water partition coefficient (Wildman–Crippen LogP) is 2.66. The minimum atomic E-state index is -3.67. The molecule has 1 fully saturated rings. The first kappa shape index (κ1) is 14.5. The Labute approximate surface area is 114 Å². The largest absolute Gasteiger partial charge is 0.373 e. The fraction of sp³-hybridized carbons (Fsp3) is 0.571. The van der Waals surface area contributed by atoms with E-state index in [0.717, 1.165) is 24.8 Å². The van der Waals surface area contributed by atoms with Crippen molar-refractivity contribution in [1.29, 1.82) is 0 Å². The van der Waals surface area contributed by atoms with Gasteiger partial charge in [0, 0.05) is 0 Å². The molecule has 2 atom stereocenters. The molecule has 1 aromatic carbocycles. The number of hydrogen-bond donors (Lipinski definition) is 0. The molecule has 19 heavy (non-hydrogen) atoms. The van der Waals surface area contributed by atoms with Gasteiger partial charge in [-0.2, -0.15) is 8.42 Å². The molecule has 4 nitrogen and oxygen atoms in total. The zero-order valence-electron chi connectivity index (χ0n) is 11.3. The van der Waals surface area contributed by atoms with E-state index in [1.54, 1.807) is 24.3 Å². The van der Waals surface area contributed by atoms with Crippen LogP contribution in [0.1, 0.15) is 31.7 Å². The lowest BCUT2D eigenvalue weighted by Crippen LogP contribution is -2.19. The summed E-state index contributed by atoms with van der Waals surface area (Å²) in [7, 11) is -3.67. The first-order chi connectivity index (χ1) is 9.01. The van der Waals surface area contributed by atoms with Gasteiger partial charge in [-0.3, -0.25) is 4.18 Å². The number of rotatable bonds is 5. The Balaban J connectivity index is 1.93. The quantitative estimate of drug-likeness (QED) is 0.780. The molecule has 0 radical (unpaired) electrons. The fourth-order valence-corrected chi connectivity index (χ4v) is 3.08. The summed E-state index contributed by atoms with van der Waals surface area (Å²) < 4.78 is 34.7. The van der Waals surface area contributed by atoms with E-state index in [1.165, 1.54) is 0 Å². The smallest absolute Gasteiger partial charge is 0.297 e. The van der Waals surface area contributed by atoms with Crippen LogP contribution in [-0.2, 0) is 19.0 Å². The summed E-state index contributed by atoms with van der Waals surface area (Å²) in [4.78, 5) is 0.197. The summed E-state index contributed by atoms with van der Waals surface area (Å²) in [6.45, 7) is 4.08. The van der Waals surface area contributed by atoms with Crippen LogP contribution in [0.25, 0.3) is 0 Å². The number of ether oxygens (including phenoxy) is 1. The zero-order valence-corrected chi connectivity index (χ0v) is 12.2. The Morgan fingerprint density at radius 2 is 1.84 bits per heavy atom. The van der Waals surface area contributed by atoms with E-state index in [4.69, 9.17) is 8.92 Å². The predicted molar refractivity (Wildman–Crippen MR) is 72.5 cm³/mol. The van der Waals surface area contributed by atoms with Crippen molar-refractivity contribution in [2.24, 2.45) is 0 Å². The van der Waals surface area contributed by atoms with E-state index >= 15 is 0 Å². The van der Waals surface area contributed by atoms with Crippen molar-refractivity contribution in [2.45, 2.75) is 50.2 Å². The third-order valence-corrected chi connectivity index (χ3v) is 4.67. The highest BCUT2D eigenvalue weighted by Gasteiger charge is 2.26. The van der Waals surface area contributed by atoms with Gasteiger partial charge in [0.05, 0.1) is 23.7 Å². The van der Waals surface area contributed by atoms with Crippen LogP contribution < -0.4 is 0 Å². The van der Waals surface area contributed by atoms with Crippen LogP contribution in [0.5, 0.6) is 0 Å². The summed E-state index contributed by atoms with van der Waals surface area (Å²) in [5, 5.41) is 0.